The lowest BCUT2D eigenvalue weighted by atomic mass is 10.1. The highest BCUT2D eigenvalue weighted by Crippen LogP contribution is 2.35. The van der Waals surface area contributed by atoms with Crippen LogP contribution in [0.15, 0.2) is 40.9 Å². The van der Waals surface area contributed by atoms with Gasteiger partial charge in [0.05, 0.1) is 17.9 Å². The number of halogens is 2. The van der Waals surface area contributed by atoms with Gasteiger partial charge in [-0.3, -0.25) is 4.90 Å². The summed E-state index contributed by atoms with van der Waals surface area (Å²) in [6, 6.07) is 9.89. The van der Waals surface area contributed by atoms with Gasteiger partial charge in [0.25, 0.3) is 0 Å². The molecule has 0 radical (unpaired) electrons. The van der Waals surface area contributed by atoms with Crippen LogP contribution in [0, 0.1) is 12.7 Å². The van der Waals surface area contributed by atoms with Gasteiger partial charge in [-0.2, -0.15) is 0 Å². The summed E-state index contributed by atoms with van der Waals surface area (Å²) in [5.41, 5.74) is 1.88. The van der Waals surface area contributed by atoms with Gasteiger partial charge in [0.1, 0.15) is 17.7 Å². The minimum atomic E-state index is -0.484. The second-order valence-corrected chi connectivity index (χ2v) is 6.70. The van der Waals surface area contributed by atoms with Crippen molar-refractivity contribution in [2.75, 3.05) is 16.8 Å². The molecule has 2 aromatic rings. The molecule has 0 saturated carbocycles. The number of rotatable bonds is 2. The molecule has 0 spiro atoms. The van der Waals surface area contributed by atoms with Crippen LogP contribution in [0.25, 0.3) is 0 Å². The molecule has 0 aromatic heterocycles. The monoisotopic (exact) mass is 392 g/mol. The molecule has 1 unspecified atom stereocenters. The molecule has 2 aromatic carbocycles. The molecule has 0 aliphatic carbocycles. The van der Waals surface area contributed by atoms with Gasteiger partial charge in [0.15, 0.2) is 0 Å². The molecule has 126 valence electrons. The maximum absolute atomic E-state index is 14.0. The average molecular weight is 393 g/mol. The van der Waals surface area contributed by atoms with Gasteiger partial charge in [0, 0.05) is 4.47 Å². The highest BCUT2D eigenvalue weighted by atomic mass is 79.9. The summed E-state index contributed by atoms with van der Waals surface area (Å²) >= 11 is 3.21. The van der Waals surface area contributed by atoms with Gasteiger partial charge in [-0.15, -0.1) is 0 Å². The number of urea groups is 1. The molecule has 6 heteroatoms. The second-order valence-electron chi connectivity index (χ2n) is 5.78. The lowest BCUT2D eigenvalue weighted by Gasteiger charge is -2.34. The molecule has 24 heavy (non-hydrogen) atoms. The number of anilines is 2. The molecule has 0 bridgehead atoms. The minimum absolute atomic E-state index is 0.0827. The van der Waals surface area contributed by atoms with Gasteiger partial charge < -0.3 is 10.1 Å². The fourth-order valence-corrected chi connectivity index (χ4v) is 2.97. The van der Waals surface area contributed by atoms with Crippen LogP contribution in [0.1, 0.15) is 18.9 Å². The Balaban J connectivity index is 1.90. The van der Waals surface area contributed by atoms with Gasteiger partial charge in [-0.1, -0.05) is 28.9 Å². The van der Waals surface area contributed by atoms with Crippen LogP contribution in [0.2, 0.25) is 0 Å². The SMILES string of the molecule is CCC1CN(C(=O)Nc2ccc(Br)cc2F)c2cc(C)ccc2O1. The van der Waals surface area contributed by atoms with Gasteiger partial charge in [-0.05, 0) is 49.2 Å². The lowest BCUT2D eigenvalue weighted by molar-refractivity contribution is 0.188. The van der Waals surface area contributed by atoms with Crippen LogP contribution < -0.4 is 15.0 Å². The van der Waals surface area contributed by atoms with E-state index in [1.54, 1.807) is 11.0 Å². The number of carbonyl (C=O) groups excluding carboxylic acids is 1. The Morgan fingerprint density at radius 2 is 2.17 bits per heavy atom. The molecule has 2 amide bonds. The van der Waals surface area contributed by atoms with E-state index in [0.29, 0.717) is 22.5 Å². The molecule has 1 aliphatic heterocycles. The van der Waals surface area contributed by atoms with E-state index in [1.807, 2.05) is 32.0 Å². The highest BCUT2D eigenvalue weighted by molar-refractivity contribution is 9.10. The summed E-state index contributed by atoms with van der Waals surface area (Å²) in [5.74, 6) is 0.188. The number of hydrogen-bond donors (Lipinski definition) is 1. The van der Waals surface area contributed by atoms with Gasteiger partial charge in [0.2, 0.25) is 0 Å². The Morgan fingerprint density at radius 3 is 2.88 bits per heavy atom. The quantitative estimate of drug-likeness (QED) is 0.771. The maximum Gasteiger partial charge on any atom is 0.326 e. The van der Waals surface area contributed by atoms with E-state index in [4.69, 9.17) is 4.74 Å². The zero-order valence-electron chi connectivity index (χ0n) is 13.5. The molecule has 1 N–H and O–H groups in total. The van der Waals surface area contributed by atoms with E-state index < -0.39 is 5.82 Å². The number of hydrogen-bond acceptors (Lipinski definition) is 2. The molecule has 3 rings (SSSR count). The van der Waals surface area contributed by atoms with Crippen LogP contribution >= 0.6 is 15.9 Å². The predicted octanol–water partition coefficient (Wildman–Crippen LogP) is 5.11. The van der Waals surface area contributed by atoms with E-state index in [9.17, 15) is 9.18 Å². The highest BCUT2D eigenvalue weighted by Gasteiger charge is 2.29. The molecule has 1 atom stereocenters. The van der Waals surface area contributed by atoms with Crippen molar-refractivity contribution in [3.63, 3.8) is 0 Å². The number of ether oxygens (including phenoxy) is 1. The van der Waals surface area contributed by atoms with E-state index in [1.165, 1.54) is 12.1 Å². The number of fused-ring (bicyclic) bond motifs is 1. The number of aryl methyl sites for hydroxylation is 1. The fourth-order valence-electron chi connectivity index (χ4n) is 2.64. The second kappa shape index (κ2) is 6.81. The van der Waals surface area contributed by atoms with Gasteiger partial charge in [-0.25, -0.2) is 9.18 Å². The van der Waals surface area contributed by atoms with Gasteiger partial charge >= 0.3 is 6.03 Å². The molecule has 1 aliphatic rings. The summed E-state index contributed by atoms with van der Waals surface area (Å²) in [6.45, 7) is 4.39. The van der Waals surface area contributed by atoms with E-state index in [0.717, 1.165) is 12.0 Å². The van der Waals surface area contributed by atoms with Crippen molar-refractivity contribution in [1.82, 2.24) is 0 Å². The third-order valence-electron chi connectivity index (χ3n) is 3.96. The summed E-state index contributed by atoms with van der Waals surface area (Å²) < 4.78 is 20.5. The Kier molecular flexibility index (Phi) is 4.76. The van der Waals surface area contributed by atoms with Crippen molar-refractivity contribution >= 4 is 33.3 Å². The Labute approximate surface area is 148 Å². The number of amides is 2. The Hall–Kier alpha value is -2.08. The van der Waals surface area contributed by atoms with E-state index in [2.05, 4.69) is 21.2 Å². The molecular weight excluding hydrogens is 375 g/mol. The molecule has 0 fully saturated rings. The standard InChI is InChI=1S/C18H18BrFN2O2/c1-3-13-10-22(16-8-11(2)4-7-17(16)24-13)18(23)21-15-6-5-12(19)9-14(15)20/h4-9,13H,3,10H2,1-2H3,(H,21,23). The first-order valence-electron chi connectivity index (χ1n) is 7.79. The molecule has 1 heterocycles. The zero-order valence-corrected chi connectivity index (χ0v) is 15.1. The summed E-state index contributed by atoms with van der Waals surface area (Å²) in [6.07, 6.45) is 0.699. The number of benzene rings is 2. The average Bonchev–Trinajstić information content (AvgIpc) is 2.56. The first-order chi connectivity index (χ1) is 11.5. The predicted molar refractivity (Wildman–Crippen MR) is 96.4 cm³/mol. The van der Waals surface area contributed by atoms with Crippen LogP contribution in [-0.4, -0.2) is 18.7 Å². The summed E-state index contributed by atoms with van der Waals surface area (Å²) in [4.78, 5) is 14.3. The number of nitrogens with zero attached hydrogens (tertiary/aromatic N) is 1. The zero-order chi connectivity index (χ0) is 17.3. The first-order valence-corrected chi connectivity index (χ1v) is 8.58. The number of carbonyl (C=O) groups is 1. The third kappa shape index (κ3) is 3.38. The first kappa shape index (κ1) is 16.8. The smallest absolute Gasteiger partial charge is 0.326 e. The molecule has 0 saturated heterocycles. The van der Waals surface area contributed by atoms with E-state index >= 15 is 0 Å². The summed E-state index contributed by atoms with van der Waals surface area (Å²) in [7, 11) is 0. The number of nitrogens with one attached hydrogen (secondary N) is 1. The van der Waals surface area contributed by atoms with Crippen molar-refractivity contribution in [2.45, 2.75) is 26.4 Å². The van der Waals surface area contributed by atoms with Crippen molar-refractivity contribution in [3.05, 3.63) is 52.3 Å². The van der Waals surface area contributed by atoms with Crippen molar-refractivity contribution in [1.29, 1.82) is 0 Å². The Morgan fingerprint density at radius 1 is 1.38 bits per heavy atom. The van der Waals surface area contributed by atoms with Crippen molar-refractivity contribution in [2.24, 2.45) is 0 Å². The lowest BCUT2D eigenvalue weighted by Crippen LogP contribution is -2.45. The van der Waals surface area contributed by atoms with Crippen molar-refractivity contribution < 1.29 is 13.9 Å². The third-order valence-corrected chi connectivity index (χ3v) is 4.45. The normalized spacial score (nSPS) is 16.3. The maximum atomic E-state index is 14.0. The Bertz CT molecular complexity index is 782. The van der Waals surface area contributed by atoms with Crippen LogP contribution in [0.3, 0.4) is 0 Å². The van der Waals surface area contributed by atoms with Crippen LogP contribution in [0.4, 0.5) is 20.6 Å². The molecular formula is C18H18BrFN2O2. The fraction of sp³-hybridized carbons (Fsp3) is 0.278. The topological polar surface area (TPSA) is 41.6 Å². The molecule has 4 nitrogen and oxygen atoms in total. The van der Waals surface area contributed by atoms with Crippen LogP contribution in [-0.2, 0) is 0 Å². The minimum Gasteiger partial charge on any atom is -0.486 e. The van der Waals surface area contributed by atoms with Crippen molar-refractivity contribution in [3.8, 4) is 5.75 Å². The largest absolute Gasteiger partial charge is 0.486 e. The summed E-state index contributed by atoms with van der Waals surface area (Å²) in [5, 5.41) is 2.65. The van der Waals surface area contributed by atoms with Crippen LogP contribution in [0.5, 0.6) is 5.75 Å². The van der Waals surface area contributed by atoms with E-state index in [-0.39, 0.29) is 17.8 Å².